The van der Waals surface area contributed by atoms with Crippen LogP contribution in [0.5, 0.6) is 0 Å². The molecule has 2 heterocycles. The van der Waals surface area contributed by atoms with E-state index in [1.165, 1.54) is 0 Å². The average molecular weight is 312 g/mol. The van der Waals surface area contributed by atoms with Gasteiger partial charge in [-0.1, -0.05) is 0 Å². The molecule has 0 amide bonds. The number of epoxide rings is 2. The Morgan fingerprint density at radius 3 is 1.38 bits per heavy atom. The molecule has 0 aromatic heterocycles. The highest BCUT2D eigenvalue weighted by molar-refractivity contribution is 4.79. The Labute approximate surface area is 122 Å². The monoisotopic (exact) mass is 312 g/mol. The minimum absolute atomic E-state index is 0.392. The van der Waals surface area contributed by atoms with Gasteiger partial charge in [-0.3, -0.25) is 0 Å². The first-order chi connectivity index (χ1) is 9.99. The summed E-state index contributed by atoms with van der Waals surface area (Å²) in [7, 11) is 0. The number of aliphatic hydroxyl groups excluding tert-OH is 6. The van der Waals surface area contributed by atoms with Crippen LogP contribution in [-0.4, -0.2) is 107 Å². The molecule has 0 spiro atoms. The molecular formula is C12H24O9. The minimum atomic E-state index is -1.67. The fourth-order valence-electron chi connectivity index (χ4n) is 1.33. The molecule has 2 rings (SSSR count). The number of hydrogen-bond acceptors (Lipinski definition) is 9. The van der Waals surface area contributed by atoms with E-state index in [4.69, 9.17) is 44.8 Å². The Hall–Kier alpha value is -0.360. The number of aliphatic hydroxyl groups is 6. The van der Waals surface area contributed by atoms with Gasteiger partial charge in [-0.25, -0.2) is 0 Å². The molecular weight excluding hydrogens is 288 g/mol. The lowest BCUT2D eigenvalue weighted by atomic mass is 10.0. The lowest BCUT2D eigenvalue weighted by Gasteiger charge is -2.24. The molecule has 0 aromatic carbocycles. The first kappa shape index (κ1) is 18.7. The summed E-state index contributed by atoms with van der Waals surface area (Å²) in [6.07, 6.45) is -5.61. The zero-order valence-electron chi connectivity index (χ0n) is 11.6. The molecule has 6 N–H and O–H groups in total. The predicted octanol–water partition coefficient (Wildman–Crippen LogP) is -3.78. The molecule has 21 heavy (non-hydrogen) atoms. The third kappa shape index (κ3) is 8.00. The third-order valence-electron chi connectivity index (χ3n) is 2.92. The van der Waals surface area contributed by atoms with Gasteiger partial charge in [0.25, 0.3) is 0 Å². The van der Waals surface area contributed by atoms with E-state index < -0.39 is 37.6 Å². The molecule has 2 aliphatic heterocycles. The molecule has 126 valence electrons. The Morgan fingerprint density at radius 2 is 1.14 bits per heavy atom. The molecule has 0 aromatic rings. The van der Waals surface area contributed by atoms with Gasteiger partial charge < -0.3 is 44.8 Å². The number of rotatable bonds is 9. The van der Waals surface area contributed by atoms with Crippen LogP contribution in [-0.2, 0) is 14.2 Å². The maximum atomic E-state index is 8.96. The average Bonchev–Trinajstić information content (AvgIpc) is 3.39. The second kappa shape index (κ2) is 9.62. The highest BCUT2D eigenvalue weighted by atomic mass is 16.6. The van der Waals surface area contributed by atoms with Crippen LogP contribution in [0.3, 0.4) is 0 Å². The van der Waals surface area contributed by atoms with Gasteiger partial charge in [0.05, 0.1) is 39.6 Å². The molecule has 9 heteroatoms. The first-order valence-electron chi connectivity index (χ1n) is 6.74. The zero-order chi connectivity index (χ0) is 15.8. The molecule has 0 saturated carbocycles. The van der Waals surface area contributed by atoms with Crippen molar-refractivity contribution in [1.82, 2.24) is 0 Å². The van der Waals surface area contributed by atoms with Crippen LogP contribution in [0.2, 0.25) is 0 Å². The zero-order valence-corrected chi connectivity index (χ0v) is 11.6. The van der Waals surface area contributed by atoms with Gasteiger partial charge in [0.15, 0.2) is 0 Å². The van der Waals surface area contributed by atoms with E-state index in [1.807, 2.05) is 0 Å². The normalized spacial score (nSPS) is 28.9. The molecule has 6 unspecified atom stereocenters. The van der Waals surface area contributed by atoms with Gasteiger partial charge in [0.2, 0.25) is 0 Å². The van der Waals surface area contributed by atoms with Crippen molar-refractivity contribution >= 4 is 0 Å². The van der Waals surface area contributed by atoms with Crippen molar-refractivity contribution < 1.29 is 44.8 Å². The summed E-state index contributed by atoms with van der Waals surface area (Å²) in [5.41, 5.74) is 0. The Kier molecular flexibility index (Phi) is 8.56. The second-order valence-corrected chi connectivity index (χ2v) is 4.93. The summed E-state index contributed by atoms with van der Waals surface area (Å²) in [5, 5.41) is 52.2. The van der Waals surface area contributed by atoms with Crippen LogP contribution in [0.1, 0.15) is 0 Å². The van der Waals surface area contributed by atoms with Gasteiger partial charge >= 0.3 is 0 Å². The van der Waals surface area contributed by atoms with Gasteiger partial charge in [0.1, 0.15) is 36.6 Å². The van der Waals surface area contributed by atoms with Crippen molar-refractivity contribution in [2.24, 2.45) is 0 Å². The van der Waals surface area contributed by atoms with Crippen molar-refractivity contribution in [2.75, 3.05) is 39.6 Å². The van der Waals surface area contributed by atoms with E-state index in [-0.39, 0.29) is 0 Å². The van der Waals surface area contributed by atoms with Crippen LogP contribution in [0.4, 0.5) is 0 Å². The lowest BCUT2D eigenvalue weighted by Crippen LogP contribution is -2.46. The van der Waals surface area contributed by atoms with Gasteiger partial charge in [-0.2, -0.15) is 0 Å². The summed E-state index contributed by atoms with van der Waals surface area (Å²) >= 11 is 0. The highest BCUT2D eigenvalue weighted by Crippen LogP contribution is 2.12. The first-order valence-corrected chi connectivity index (χ1v) is 6.74. The van der Waals surface area contributed by atoms with Crippen molar-refractivity contribution in [3.63, 3.8) is 0 Å². The molecule has 0 bridgehead atoms. The third-order valence-corrected chi connectivity index (χ3v) is 2.92. The summed E-state index contributed by atoms with van der Waals surface area (Å²) in [6, 6.07) is 0. The summed E-state index contributed by atoms with van der Waals surface area (Å²) < 4.78 is 15.1. The predicted molar refractivity (Wildman–Crippen MR) is 68.5 cm³/mol. The summed E-state index contributed by atoms with van der Waals surface area (Å²) in [6.45, 7) is 1.81. The maximum Gasteiger partial charge on any atom is 0.111 e. The maximum absolute atomic E-state index is 8.96. The van der Waals surface area contributed by atoms with E-state index in [0.29, 0.717) is 12.2 Å². The van der Waals surface area contributed by atoms with Gasteiger partial charge in [-0.05, 0) is 0 Å². The summed E-state index contributed by atoms with van der Waals surface area (Å²) in [5.74, 6) is 0. The van der Waals surface area contributed by atoms with Crippen molar-refractivity contribution in [3.05, 3.63) is 0 Å². The smallest absolute Gasteiger partial charge is 0.111 e. The molecule has 9 nitrogen and oxygen atoms in total. The van der Waals surface area contributed by atoms with Crippen LogP contribution in [0.25, 0.3) is 0 Å². The number of hydrogen-bond donors (Lipinski definition) is 6. The van der Waals surface area contributed by atoms with E-state index in [9.17, 15) is 0 Å². The Bertz CT molecular complexity index is 243. The summed E-state index contributed by atoms with van der Waals surface area (Å²) in [4.78, 5) is 0. The van der Waals surface area contributed by atoms with Crippen molar-refractivity contribution in [1.29, 1.82) is 0 Å². The van der Waals surface area contributed by atoms with Crippen LogP contribution >= 0.6 is 0 Å². The molecule has 6 atom stereocenters. The molecule has 0 radical (unpaired) electrons. The minimum Gasteiger partial charge on any atom is -0.394 e. The lowest BCUT2D eigenvalue weighted by molar-refractivity contribution is -0.123. The largest absolute Gasteiger partial charge is 0.394 e. The van der Waals surface area contributed by atoms with Crippen LogP contribution < -0.4 is 0 Å². The fourth-order valence-corrected chi connectivity index (χ4v) is 1.33. The van der Waals surface area contributed by atoms with Gasteiger partial charge in [0, 0.05) is 0 Å². The van der Waals surface area contributed by atoms with E-state index in [1.54, 1.807) is 0 Å². The molecule has 2 fully saturated rings. The SMILES string of the molecule is C(OCC1CO1)C1CO1.OCC(O)C(O)C(O)C(O)CO. The molecule has 2 aliphatic rings. The van der Waals surface area contributed by atoms with E-state index in [0.717, 1.165) is 26.4 Å². The molecule has 2 saturated heterocycles. The highest BCUT2D eigenvalue weighted by Gasteiger charge is 2.29. The van der Waals surface area contributed by atoms with Crippen molar-refractivity contribution in [2.45, 2.75) is 36.6 Å². The van der Waals surface area contributed by atoms with Gasteiger partial charge in [-0.15, -0.1) is 0 Å². The van der Waals surface area contributed by atoms with Crippen molar-refractivity contribution in [3.8, 4) is 0 Å². The van der Waals surface area contributed by atoms with Crippen LogP contribution in [0, 0.1) is 0 Å². The van der Waals surface area contributed by atoms with E-state index in [2.05, 4.69) is 0 Å². The Balaban J connectivity index is 0.000000216. The number of ether oxygens (including phenoxy) is 3. The van der Waals surface area contributed by atoms with Crippen LogP contribution in [0.15, 0.2) is 0 Å². The molecule has 0 aliphatic carbocycles. The second-order valence-electron chi connectivity index (χ2n) is 4.93. The quantitative estimate of drug-likeness (QED) is 0.235. The Morgan fingerprint density at radius 1 is 0.810 bits per heavy atom. The van der Waals surface area contributed by atoms with E-state index >= 15 is 0 Å². The fraction of sp³-hybridized carbons (Fsp3) is 1.00. The topological polar surface area (TPSA) is 156 Å². The standard InChI is InChI=1S/C6H14O6.C6H10O3/c7-1-3(9)5(11)6(12)4(10)2-8;1(5-3-8-5)7-2-6-4-9-6/h3-12H,1-2H2;5-6H,1-4H2.